The van der Waals surface area contributed by atoms with Crippen LogP contribution in [0.1, 0.15) is 22.3 Å². The summed E-state index contributed by atoms with van der Waals surface area (Å²) < 4.78 is 11.0. The summed E-state index contributed by atoms with van der Waals surface area (Å²) in [5.41, 5.74) is 1.61. The summed E-state index contributed by atoms with van der Waals surface area (Å²) in [5.74, 6) is 2.16. The third-order valence-electron chi connectivity index (χ3n) is 4.15. The second-order valence-corrected chi connectivity index (χ2v) is 5.37. The molecule has 3 aliphatic rings. The van der Waals surface area contributed by atoms with E-state index >= 15 is 0 Å². The van der Waals surface area contributed by atoms with Crippen molar-refractivity contribution in [3.63, 3.8) is 0 Å². The Morgan fingerprint density at radius 1 is 1.33 bits per heavy atom. The van der Waals surface area contributed by atoms with E-state index in [0.717, 1.165) is 36.2 Å². The van der Waals surface area contributed by atoms with Crippen molar-refractivity contribution >= 4 is 5.97 Å². The van der Waals surface area contributed by atoms with Crippen LogP contribution in [0.25, 0.3) is 0 Å². The molecule has 0 bridgehead atoms. The molecule has 2 heterocycles. The van der Waals surface area contributed by atoms with Crippen LogP contribution in [0, 0.1) is 11.8 Å². The van der Waals surface area contributed by atoms with Crippen molar-refractivity contribution in [2.75, 3.05) is 13.1 Å². The Labute approximate surface area is 105 Å². The van der Waals surface area contributed by atoms with Gasteiger partial charge in [0.25, 0.3) is 0 Å². The van der Waals surface area contributed by atoms with Gasteiger partial charge in [-0.25, -0.2) is 4.79 Å². The van der Waals surface area contributed by atoms with Crippen molar-refractivity contribution in [3.05, 3.63) is 29.3 Å². The molecule has 3 atom stereocenters. The zero-order valence-corrected chi connectivity index (χ0v) is 10.0. The van der Waals surface area contributed by atoms with Crippen LogP contribution in [0.2, 0.25) is 0 Å². The summed E-state index contributed by atoms with van der Waals surface area (Å²) in [6.45, 7) is 2.44. The number of esters is 1. The van der Waals surface area contributed by atoms with Gasteiger partial charge in [0.2, 0.25) is 0 Å². The van der Waals surface area contributed by atoms with Crippen LogP contribution in [0.15, 0.2) is 18.2 Å². The Balaban J connectivity index is 1.53. The maximum Gasteiger partial charge on any atom is 0.338 e. The molecule has 2 aliphatic heterocycles. The van der Waals surface area contributed by atoms with Gasteiger partial charge in [0, 0.05) is 18.0 Å². The lowest BCUT2D eigenvalue weighted by atomic mass is 10.1. The van der Waals surface area contributed by atoms with Crippen LogP contribution in [0.3, 0.4) is 0 Å². The molecule has 0 aromatic heterocycles. The number of piperidine rings is 1. The molecule has 1 aromatic carbocycles. The first-order valence-electron chi connectivity index (χ1n) is 6.49. The summed E-state index contributed by atoms with van der Waals surface area (Å²) in [6, 6.07) is 5.62. The first kappa shape index (κ1) is 10.4. The molecule has 1 saturated carbocycles. The molecule has 4 rings (SSSR count). The second kappa shape index (κ2) is 3.72. The van der Waals surface area contributed by atoms with Crippen molar-refractivity contribution in [1.82, 2.24) is 5.32 Å². The van der Waals surface area contributed by atoms with Crippen LogP contribution < -0.4 is 10.1 Å². The summed E-state index contributed by atoms with van der Waals surface area (Å²) in [6.07, 6.45) is 1.56. The van der Waals surface area contributed by atoms with E-state index in [1.165, 1.54) is 6.42 Å². The van der Waals surface area contributed by atoms with Gasteiger partial charge in [0.15, 0.2) is 0 Å². The Morgan fingerprint density at radius 3 is 3.22 bits per heavy atom. The molecular formula is C14H15NO3. The molecule has 1 aliphatic carbocycles. The number of nitrogens with one attached hydrogen (secondary N) is 1. The second-order valence-electron chi connectivity index (χ2n) is 5.37. The van der Waals surface area contributed by atoms with Gasteiger partial charge < -0.3 is 14.8 Å². The summed E-state index contributed by atoms with van der Waals surface area (Å²) >= 11 is 0. The zero-order valence-electron chi connectivity index (χ0n) is 10.0. The van der Waals surface area contributed by atoms with E-state index in [1.54, 1.807) is 6.07 Å². The number of carbonyl (C=O) groups is 1. The molecular weight excluding hydrogens is 230 g/mol. The normalized spacial score (nSPS) is 32.4. The van der Waals surface area contributed by atoms with Crippen molar-refractivity contribution < 1.29 is 14.3 Å². The fourth-order valence-electron chi connectivity index (χ4n) is 3.01. The van der Waals surface area contributed by atoms with Crippen molar-refractivity contribution in [3.8, 4) is 5.75 Å². The Kier molecular flexibility index (Phi) is 2.14. The molecule has 0 radical (unpaired) electrons. The minimum atomic E-state index is -0.224. The quantitative estimate of drug-likeness (QED) is 0.799. The number of carbonyl (C=O) groups excluding carboxylic acids is 1. The average molecular weight is 245 g/mol. The van der Waals surface area contributed by atoms with Crippen LogP contribution in [0.4, 0.5) is 0 Å². The van der Waals surface area contributed by atoms with Gasteiger partial charge in [0.1, 0.15) is 18.5 Å². The third kappa shape index (κ3) is 1.60. The predicted molar refractivity (Wildman–Crippen MR) is 64.4 cm³/mol. The first-order valence-corrected chi connectivity index (χ1v) is 6.49. The minimum Gasteiger partial charge on any atom is -0.489 e. The topological polar surface area (TPSA) is 47.6 Å². The van der Waals surface area contributed by atoms with Crippen LogP contribution in [0.5, 0.6) is 5.75 Å². The zero-order chi connectivity index (χ0) is 12.1. The number of benzene rings is 1. The Bertz CT molecular complexity index is 514. The number of rotatable bonds is 2. The highest BCUT2D eigenvalue weighted by atomic mass is 16.5. The lowest BCUT2D eigenvalue weighted by Gasteiger charge is -2.23. The average Bonchev–Trinajstić information content (AvgIpc) is 3.09. The number of hydrogen-bond donors (Lipinski definition) is 1. The van der Waals surface area contributed by atoms with Gasteiger partial charge in [-0.1, -0.05) is 0 Å². The van der Waals surface area contributed by atoms with Crippen molar-refractivity contribution in [2.45, 2.75) is 19.1 Å². The lowest BCUT2D eigenvalue weighted by molar-refractivity contribution is 0.0535. The maximum atomic E-state index is 11.4. The standard InChI is InChI=1S/C14H15NO3/c16-14-11-2-1-10(3-9(11)7-17-14)18-13-6-15-5-8-4-12(8)13/h1-3,8,12-13,15H,4-7H2/t8-,12-,13-/m0/s1. The molecule has 4 heteroatoms. The number of cyclic esters (lactones) is 1. The molecule has 0 unspecified atom stereocenters. The lowest BCUT2D eigenvalue weighted by Crippen LogP contribution is -2.39. The van der Waals surface area contributed by atoms with Crippen LogP contribution in [-0.2, 0) is 11.3 Å². The molecule has 4 nitrogen and oxygen atoms in total. The van der Waals surface area contributed by atoms with Gasteiger partial charge >= 0.3 is 5.97 Å². The van der Waals surface area contributed by atoms with Gasteiger partial charge in [0.05, 0.1) is 5.56 Å². The van der Waals surface area contributed by atoms with E-state index < -0.39 is 0 Å². The molecule has 18 heavy (non-hydrogen) atoms. The molecule has 94 valence electrons. The monoisotopic (exact) mass is 245 g/mol. The van der Waals surface area contributed by atoms with Crippen LogP contribution >= 0.6 is 0 Å². The van der Waals surface area contributed by atoms with E-state index in [-0.39, 0.29) is 12.1 Å². The van der Waals surface area contributed by atoms with Crippen molar-refractivity contribution in [1.29, 1.82) is 0 Å². The highest BCUT2D eigenvalue weighted by molar-refractivity contribution is 5.93. The summed E-state index contributed by atoms with van der Waals surface area (Å²) in [5, 5.41) is 3.40. The summed E-state index contributed by atoms with van der Waals surface area (Å²) in [4.78, 5) is 11.4. The van der Waals surface area contributed by atoms with E-state index in [2.05, 4.69) is 5.32 Å². The highest BCUT2D eigenvalue weighted by Crippen LogP contribution is 2.44. The molecule has 1 aromatic rings. The number of ether oxygens (including phenoxy) is 2. The minimum absolute atomic E-state index is 0.224. The third-order valence-corrected chi connectivity index (χ3v) is 4.15. The predicted octanol–water partition coefficient (Wildman–Crippen LogP) is 1.34. The highest BCUT2D eigenvalue weighted by Gasteiger charge is 2.46. The van der Waals surface area contributed by atoms with Gasteiger partial charge in [-0.15, -0.1) is 0 Å². The molecule has 1 N–H and O–H groups in total. The number of hydrogen-bond acceptors (Lipinski definition) is 4. The fourth-order valence-corrected chi connectivity index (χ4v) is 3.01. The molecule has 0 amide bonds. The SMILES string of the molecule is O=C1OCc2cc(O[C@H]3CNC[C@@H]4C[C@@H]43)ccc21. The Morgan fingerprint density at radius 2 is 2.28 bits per heavy atom. The fraction of sp³-hybridized carbons (Fsp3) is 0.500. The van der Waals surface area contributed by atoms with Crippen molar-refractivity contribution in [2.24, 2.45) is 11.8 Å². The van der Waals surface area contributed by atoms with Gasteiger partial charge in [-0.2, -0.15) is 0 Å². The molecule has 2 fully saturated rings. The van der Waals surface area contributed by atoms with E-state index in [1.807, 2.05) is 12.1 Å². The smallest absolute Gasteiger partial charge is 0.338 e. The first-order chi connectivity index (χ1) is 8.81. The largest absolute Gasteiger partial charge is 0.489 e. The maximum absolute atomic E-state index is 11.4. The Hall–Kier alpha value is -1.55. The molecule has 1 saturated heterocycles. The number of fused-ring (bicyclic) bond motifs is 2. The van der Waals surface area contributed by atoms with Gasteiger partial charge in [-0.05, 0) is 37.1 Å². The molecule has 0 spiro atoms. The van der Waals surface area contributed by atoms with E-state index in [0.29, 0.717) is 12.2 Å². The van der Waals surface area contributed by atoms with Crippen LogP contribution in [-0.4, -0.2) is 25.2 Å². The van der Waals surface area contributed by atoms with E-state index in [9.17, 15) is 4.79 Å². The van der Waals surface area contributed by atoms with E-state index in [4.69, 9.17) is 9.47 Å². The van der Waals surface area contributed by atoms with Gasteiger partial charge in [-0.3, -0.25) is 0 Å². The summed E-state index contributed by atoms with van der Waals surface area (Å²) in [7, 11) is 0.